The van der Waals surface area contributed by atoms with Crippen LogP contribution in [0.3, 0.4) is 0 Å². The summed E-state index contributed by atoms with van der Waals surface area (Å²) in [5.41, 5.74) is 0. The molecule has 0 fully saturated rings. The number of alkyl halides is 1. The van der Waals surface area contributed by atoms with Crippen LogP contribution < -0.4 is 5.32 Å². The molecular formula is C10H18ClN3S. The summed E-state index contributed by atoms with van der Waals surface area (Å²) in [5.74, 6) is 1.39. The number of rotatable bonds is 6. The molecule has 0 saturated heterocycles. The first-order valence-corrected chi connectivity index (χ1v) is 6.56. The quantitative estimate of drug-likeness (QED) is 0.784. The second-order valence-corrected chi connectivity index (χ2v) is 4.93. The summed E-state index contributed by atoms with van der Waals surface area (Å²) in [4.78, 5) is 4.23. The molecule has 0 aliphatic carbocycles. The van der Waals surface area contributed by atoms with Crippen LogP contribution in [-0.2, 0) is 0 Å². The molecule has 0 radical (unpaired) electrons. The monoisotopic (exact) mass is 247 g/mol. The molecule has 15 heavy (non-hydrogen) atoms. The molecule has 0 saturated carbocycles. The number of nitrogens with one attached hydrogen (secondary N) is 1. The van der Waals surface area contributed by atoms with Crippen molar-refractivity contribution >= 4 is 28.3 Å². The Morgan fingerprint density at radius 2 is 2.07 bits per heavy atom. The van der Waals surface area contributed by atoms with Gasteiger partial charge in [-0.1, -0.05) is 26.7 Å². The highest BCUT2D eigenvalue weighted by atomic mass is 35.5. The van der Waals surface area contributed by atoms with Gasteiger partial charge in [-0.2, -0.15) is 4.37 Å². The summed E-state index contributed by atoms with van der Waals surface area (Å²) in [6.45, 7) is 7.01. The van der Waals surface area contributed by atoms with Crippen LogP contribution in [0.4, 0.5) is 5.13 Å². The van der Waals surface area contributed by atoms with Crippen LogP contribution in [0.25, 0.3) is 0 Å². The molecule has 5 heteroatoms. The first-order chi connectivity index (χ1) is 7.17. The molecule has 0 aromatic carbocycles. The number of aromatic nitrogens is 2. The predicted molar refractivity (Wildman–Crippen MR) is 66.8 cm³/mol. The molecule has 1 unspecified atom stereocenters. The summed E-state index contributed by atoms with van der Waals surface area (Å²) in [5, 5.41) is 4.26. The highest BCUT2D eigenvalue weighted by Crippen LogP contribution is 2.19. The van der Waals surface area contributed by atoms with Gasteiger partial charge in [0.1, 0.15) is 5.82 Å². The molecule has 1 atom stereocenters. The lowest BCUT2D eigenvalue weighted by Gasteiger charge is -2.18. The summed E-state index contributed by atoms with van der Waals surface area (Å²) in [6.07, 6.45) is 2.25. The molecule has 3 nitrogen and oxygen atoms in total. The van der Waals surface area contributed by atoms with E-state index in [0.717, 1.165) is 30.3 Å². The van der Waals surface area contributed by atoms with Crippen LogP contribution >= 0.6 is 23.1 Å². The van der Waals surface area contributed by atoms with Gasteiger partial charge in [-0.25, -0.2) is 4.98 Å². The van der Waals surface area contributed by atoms with Crippen molar-refractivity contribution in [2.24, 2.45) is 5.92 Å². The van der Waals surface area contributed by atoms with Crippen molar-refractivity contribution in [3.8, 4) is 0 Å². The minimum absolute atomic E-state index is 0.171. The van der Waals surface area contributed by atoms with Gasteiger partial charge in [-0.3, -0.25) is 0 Å². The molecule has 86 valence electrons. The van der Waals surface area contributed by atoms with Crippen LogP contribution in [0.5, 0.6) is 0 Å². The van der Waals surface area contributed by atoms with E-state index in [2.05, 4.69) is 28.5 Å². The highest BCUT2D eigenvalue weighted by Gasteiger charge is 2.15. The average Bonchev–Trinajstić information content (AvgIpc) is 2.63. The standard InChI is InChI=1S/C10H18ClN3S/c1-4-8(5-2)9(11)6-12-10-13-7(3)14-15-10/h8-9H,4-6H2,1-3H3,(H,12,13,14). The van der Waals surface area contributed by atoms with Crippen molar-refractivity contribution in [3.05, 3.63) is 5.82 Å². The van der Waals surface area contributed by atoms with Gasteiger partial charge in [-0.15, -0.1) is 11.6 Å². The van der Waals surface area contributed by atoms with E-state index < -0.39 is 0 Å². The highest BCUT2D eigenvalue weighted by molar-refractivity contribution is 7.09. The summed E-state index contributed by atoms with van der Waals surface area (Å²) < 4.78 is 4.10. The van der Waals surface area contributed by atoms with E-state index in [0.29, 0.717) is 5.92 Å². The van der Waals surface area contributed by atoms with E-state index in [-0.39, 0.29) is 5.38 Å². The minimum Gasteiger partial charge on any atom is -0.359 e. The average molecular weight is 248 g/mol. The Labute approximate surface area is 100 Å². The molecule has 0 spiro atoms. The molecule has 1 aromatic heterocycles. The Morgan fingerprint density at radius 1 is 1.40 bits per heavy atom. The smallest absolute Gasteiger partial charge is 0.202 e. The molecule has 0 bridgehead atoms. The number of halogens is 1. The van der Waals surface area contributed by atoms with Gasteiger partial charge in [0.25, 0.3) is 0 Å². The van der Waals surface area contributed by atoms with Gasteiger partial charge in [0, 0.05) is 18.1 Å². The van der Waals surface area contributed by atoms with Crippen molar-refractivity contribution < 1.29 is 0 Å². The van der Waals surface area contributed by atoms with E-state index in [4.69, 9.17) is 11.6 Å². The zero-order valence-electron chi connectivity index (χ0n) is 9.46. The van der Waals surface area contributed by atoms with Crippen molar-refractivity contribution in [3.63, 3.8) is 0 Å². The lowest BCUT2D eigenvalue weighted by Crippen LogP contribution is -2.22. The lowest BCUT2D eigenvalue weighted by atomic mass is 9.99. The number of hydrogen-bond acceptors (Lipinski definition) is 4. The Hall–Kier alpha value is -0.350. The molecule has 1 N–H and O–H groups in total. The predicted octanol–water partition coefficient (Wildman–Crippen LogP) is 3.30. The van der Waals surface area contributed by atoms with Gasteiger partial charge in [-0.05, 0) is 12.8 Å². The number of anilines is 1. The fourth-order valence-corrected chi connectivity index (χ4v) is 2.53. The SMILES string of the molecule is CCC(CC)C(Cl)CNc1nc(C)ns1. The maximum absolute atomic E-state index is 6.30. The van der Waals surface area contributed by atoms with E-state index in [9.17, 15) is 0 Å². The Bertz CT molecular complexity index is 286. The summed E-state index contributed by atoms with van der Waals surface area (Å²) in [6, 6.07) is 0. The number of hydrogen-bond donors (Lipinski definition) is 1. The molecule has 1 aromatic rings. The second-order valence-electron chi connectivity index (χ2n) is 3.62. The first kappa shape index (κ1) is 12.7. The third-order valence-corrected chi connectivity index (χ3v) is 3.81. The minimum atomic E-state index is 0.171. The normalized spacial score (nSPS) is 13.1. The van der Waals surface area contributed by atoms with Gasteiger partial charge < -0.3 is 5.32 Å². The van der Waals surface area contributed by atoms with Crippen molar-refractivity contribution in [2.75, 3.05) is 11.9 Å². The molecule has 1 rings (SSSR count). The summed E-state index contributed by atoms with van der Waals surface area (Å²) >= 11 is 7.69. The van der Waals surface area contributed by atoms with Crippen LogP contribution in [0.15, 0.2) is 0 Å². The Balaban J connectivity index is 2.36. The van der Waals surface area contributed by atoms with Crippen LogP contribution in [0, 0.1) is 12.8 Å². The van der Waals surface area contributed by atoms with E-state index in [1.165, 1.54) is 11.5 Å². The molecule has 0 aliphatic rings. The Morgan fingerprint density at radius 3 is 2.53 bits per heavy atom. The second kappa shape index (κ2) is 6.28. The third-order valence-electron chi connectivity index (χ3n) is 2.54. The fourth-order valence-electron chi connectivity index (χ4n) is 1.52. The molecule has 1 heterocycles. The maximum Gasteiger partial charge on any atom is 0.202 e. The van der Waals surface area contributed by atoms with Crippen LogP contribution in [0.2, 0.25) is 0 Å². The zero-order valence-corrected chi connectivity index (χ0v) is 11.0. The van der Waals surface area contributed by atoms with Crippen molar-refractivity contribution in [2.45, 2.75) is 39.0 Å². The molecule has 0 aliphatic heterocycles. The maximum atomic E-state index is 6.30. The van der Waals surface area contributed by atoms with Crippen LogP contribution in [0.1, 0.15) is 32.5 Å². The fraction of sp³-hybridized carbons (Fsp3) is 0.800. The van der Waals surface area contributed by atoms with Crippen LogP contribution in [-0.4, -0.2) is 21.3 Å². The summed E-state index contributed by atoms with van der Waals surface area (Å²) in [7, 11) is 0. The first-order valence-electron chi connectivity index (χ1n) is 5.35. The Kier molecular flexibility index (Phi) is 5.32. The number of nitrogens with zero attached hydrogens (tertiary/aromatic N) is 2. The van der Waals surface area contributed by atoms with Gasteiger partial charge >= 0.3 is 0 Å². The molecule has 0 amide bonds. The number of aryl methyl sites for hydroxylation is 1. The van der Waals surface area contributed by atoms with Crippen molar-refractivity contribution in [1.82, 2.24) is 9.36 Å². The lowest BCUT2D eigenvalue weighted by molar-refractivity contribution is 0.475. The van der Waals surface area contributed by atoms with Crippen molar-refractivity contribution in [1.29, 1.82) is 0 Å². The topological polar surface area (TPSA) is 37.8 Å². The third kappa shape index (κ3) is 3.95. The van der Waals surface area contributed by atoms with Gasteiger partial charge in [0.05, 0.1) is 5.38 Å². The zero-order chi connectivity index (χ0) is 11.3. The largest absolute Gasteiger partial charge is 0.359 e. The van der Waals surface area contributed by atoms with Gasteiger partial charge in [0.15, 0.2) is 0 Å². The van der Waals surface area contributed by atoms with E-state index in [1.54, 1.807) is 0 Å². The molecular weight excluding hydrogens is 230 g/mol. The van der Waals surface area contributed by atoms with E-state index in [1.807, 2.05) is 6.92 Å². The van der Waals surface area contributed by atoms with E-state index >= 15 is 0 Å². The van der Waals surface area contributed by atoms with Gasteiger partial charge in [0.2, 0.25) is 5.13 Å².